The van der Waals surface area contributed by atoms with Gasteiger partial charge in [-0.3, -0.25) is 4.79 Å². The predicted molar refractivity (Wildman–Crippen MR) is 72.7 cm³/mol. The Labute approximate surface area is 111 Å². The molecule has 1 amide bonds. The van der Waals surface area contributed by atoms with E-state index in [4.69, 9.17) is 0 Å². The summed E-state index contributed by atoms with van der Waals surface area (Å²) in [5.41, 5.74) is 0. The SMILES string of the molecule is C[NH+]1CCN(C(=O)CCNC2CCCCC2)CC1. The first-order valence-corrected chi connectivity index (χ1v) is 7.58. The van der Waals surface area contributed by atoms with Crippen LogP contribution in [0.3, 0.4) is 0 Å². The fraction of sp³-hybridized carbons (Fsp3) is 0.929. The maximum absolute atomic E-state index is 12.0. The maximum Gasteiger partial charge on any atom is 0.224 e. The van der Waals surface area contributed by atoms with Crippen LogP contribution in [0.15, 0.2) is 0 Å². The van der Waals surface area contributed by atoms with Crippen LogP contribution in [0.25, 0.3) is 0 Å². The molecule has 0 aromatic rings. The fourth-order valence-corrected chi connectivity index (χ4v) is 2.99. The van der Waals surface area contributed by atoms with Gasteiger partial charge in [0, 0.05) is 19.0 Å². The first-order valence-electron chi connectivity index (χ1n) is 7.58. The highest BCUT2D eigenvalue weighted by Gasteiger charge is 2.21. The van der Waals surface area contributed by atoms with Gasteiger partial charge in [0.15, 0.2) is 0 Å². The van der Waals surface area contributed by atoms with Gasteiger partial charge in [-0.15, -0.1) is 0 Å². The van der Waals surface area contributed by atoms with Gasteiger partial charge in [-0.1, -0.05) is 19.3 Å². The average molecular weight is 254 g/mol. The van der Waals surface area contributed by atoms with E-state index >= 15 is 0 Å². The number of carbonyl (C=O) groups is 1. The molecule has 2 rings (SSSR count). The number of quaternary nitrogens is 1. The van der Waals surface area contributed by atoms with Crippen LogP contribution in [0, 0.1) is 0 Å². The lowest BCUT2D eigenvalue weighted by molar-refractivity contribution is -0.883. The van der Waals surface area contributed by atoms with Crippen LogP contribution in [0.4, 0.5) is 0 Å². The Morgan fingerprint density at radius 2 is 1.89 bits per heavy atom. The zero-order valence-electron chi connectivity index (χ0n) is 11.7. The van der Waals surface area contributed by atoms with Crippen LogP contribution in [-0.2, 0) is 4.79 Å². The largest absolute Gasteiger partial charge is 0.334 e. The molecule has 1 aliphatic heterocycles. The van der Waals surface area contributed by atoms with Gasteiger partial charge in [-0.05, 0) is 12.8 Å². The minimum absolute atomic E-state index is 0.339. The third-order valence-corrected chi connectivity index (χ3v) is 4.35. The summed E-state index contributed by atoms with van der Waals surface area (Å²) in [5.74, 6) is 0.339. The Hall–Kier alpha value is -0.610. The number of nitrogens with zero attached hydrogens (tertiary/aromatic N) is 1. The van der Waals surface area contributed by atoms with Crippen LogP contribution in [0.1, 0.15) is 38.5 Å². The number of likely N-dealkylation sites (N-methyl/N-ethyl adjacent to an activating group) is 1. The van der Waals surface area contributed by atoms with Gasteiger partial charge >= 0.3 is 0 Å². The number of nitrogens with one attached hydrogen (secondary N) is 2. The van der Waals surface area contributed by atoms with E-state index in [0.717, 1.165) is 32.7 Å². The highest BCUT2D eigenvalue weighted by molar-refractivity contribution is 5.76. The van der Waals surface area contributed by atoms with Gasteiger partial charge in [0.25, 0.3) is 0 Å². The maximum atomic E-state index is 12.0. The lowest BCUT2D eigenvalue weighted by Crippen LogP contribution is -3.12. The van der Waals surface area contributed by atoms with Gasteiger partial charge in [-0.2, -0.15) is 0 Å². The molecule has 104 valence electrons. The molecule has 2 fully saturated rings. The van der Waals surface area contributed by atoms with Crippen molar-refractivity contribution in [2.45, 2.75) is 44.6 Å². The monoisotopic (exact) mass is 254 g/mol. The predicted octanol–water partition coefficient (Wildman–Crippen LogP) is -0.344. The summed E-state index contributed by atoms with van der Waals surface area (Å²) in [7, 11) is 2.20. The van der Waals surface area contributed by atoms with Crippen LogP contribution in [0.5, 0.6) is 0 Å². The zero-order chi connectivity index (χ0) is 12.8. The zero-order valence-corrected chi connectivity index (χ0v) is 11.7. The van der Waals surface area contributed by atoms with Gasteiger partial charge in [0.2, 0.25) is 5.91 Å². The summed E-state index contributed by atoms with van der Waals surface area (Å²) in [6.45, 7) is 4.94. The van der Waals surface area contributed by atoms with Gasteiger partial charge in [0.05, 0.1) is 33.2 Å². The van der Waals surface area contributed by atoms with Crippen molar-refractivity contribution in [1.82, 2.24) is 10.2 Å². The smallest absolute Gasteiger partial charge is 0.224 e. The van der Waals surface area contributed by atoms with E-state index in [-0.39, 0.29) is 0 Å². The Balaban J connectivity index is 1.59. The highest BCUT2D eigenvalue weighted by atomic mass is 16.2. The van der Waals surface area contributed by atoms with Crippen molar-refractivity contribution in [3.05, 3.63) is 0 Å². The van der Waals surface area contributed by atoms with Gasteiger partial charge < -0.3 is 15.1 Å². The lowest BCUT2D eigenvalue weighted by Gasteiger charge is -2.30. The third kappa shape index (κ3) is 4.25. The molecular formula is C14H28N3O+. The first-order chi connectivity index (χ1) is 8.75. The van der Waals surface area contributed by atoms with Crippen molar-refractivity contribution in [1.29, 1.82) is 0 Å². The van der Waals surface area contributed by atoms with E-state index in [1.54, 1.807) is 4.90 Å². The summed E-state index contributed by atoms with van der Waals surface area (Å²) in [5, 5.41) is 3.55. The normalized spacial score (nSPS) is 23.3. The fourth-order valence-electron chi connectivity index (χ4n) is 2.99. The Morgan fingerprint density at radius 1 is 1.22 bits per heavy atom. The molecule has 18 heavy (non-hydrogen) atoms. The number of rotatable bonds is 4. The molecule has 0 aromatic heterocycles. The summed E-state index contributed by atoms with van der Waals surface area (Å²) in [6.07, 6.45) is 7.37. The molecule has 1 aliphatic carbocycles. The van der Waals surface area contributed by atoms with Gasteiger partial charge in [-0.25, -0.2) is 0 Å². The number of hydrogen-bond donors (Lipinski definition) is 2. The van der Waals surface area contributed by atoms with E-state index < -0.39 is 0 Å². The second-order valence-corrected chi connectivity index (χ2v) is 5.88. The summed E-state index contributed by atoms with van der Waals surface area (Å²) in [6, 6.07) is 0.670. The molecule has 0 radical (unpaired) electrons. The number of amides is 1. The van der Waals surface area contributed by atoms with Crippen LogP contribution >= 0.6 is 0 Å². The second-order valence-electron chi connectivity index (χ2n) is 5.88. The number of hydrogen-bond acceptors (Lipinski definition) is 2. The van der Waals surface area contributed by atoms with E-state index in [0.29, 0.717) is 18.4 Å². The molecule has 4 heteroatoms. The van der Waals surface area contributed by atoms with E-state index in [1.807, 2.05) is 4.90 Å². The molecule has 0 aromatic carbocycles. The Kier molecular flexibility index (Phi) is 5.45. The third-order valence-electron chi connectivity index (χ3n) is 4.35. The van der Waals surface area contributed by atoms with Crippen molar-refractivity contribution < 1.29 is 9.69 Å². The van der Waals surface area contributed by atoms with Crippen molar-refractivity contribution in [3.8, 4) is 0 Å². The van der Waals surface area contributed by atoms with Crippen molar-refractivity contribution in [2.75, 3.05) is 39.8 Å². The molecule has 1 saturated carbocycles. The highest BCUT2D eigenvalue weighted by Crippen LogP contribution is 2.17. The molecule has 4 nitrogen and oxygen atoms in total. The second kappa shape index (κ2) is 7.10. The van der Waals surface area contributed by atoms with E-state index in [2.05, 4.69) is 12.4 Å². The minimum atomic E-state index is 0.339. The summed E-state index contributed by atoms with van der Waals surface area (Å²) in [4.78, 5) is 15.6. The lowest BCUT2D eigenvalue weighted by atomic mass is 9.95. The molecule has 0 atom stereocenters. The topological polar surface area (TPSA) is 36.8 Å². The molecule has 1 heterocycles. The van der Waals surface area contributed by atoms with Crippen LogP contribution < -0.4 is 10.2 Å². The quantitative estimate of drug-likeness (QED) is 0.720. The molecule has 2 aliphatic rings. The summed E-state index contributed by atoms with van der Waals surface area (Å²) < 4.78 is 0. The standard InChI is InChI=1S/C14H27N3O/c1-16-9-11-17(12-10-16)14(18)7-8-15-13-5-3-2-4-6-13/h13,15H,2-12H2,1H3/p+1. The molecular weight excluding hydrogens is 226 g/mol. The number of carbonyl (C=O) groups excluding carboxylic acids is 1. The average Bonchev–Trinajstić information content (AvgIpc) is 2.40. The molecule has 0 bridgehead atoms. The Bertz CT molecular complexity index is 256. The first kappa shape index (κ1) is 13.8. The summed E-state index contributed by atoms with van der Waals surface area (Å²) >= 11 is 0. The molecule has 0 spiro atoms. The number of piperazine rings is 1. The minimum Gasteiger partial charge on any atom is -0.334 e. The van der Waals surface area contributed by atoms with Gasteiger partial charge in [0.1, 0.15) is 0 Å². The molecule has 1 saturated heterocycles. The molecule has 2 N–H and O–H groups in total. The van der Waals surface area contributed by atoms with Crippen LogP contribution in [-0.4, -0.2) is 56.6 Å². The van der Waals surface area contributed by atoms with E-state index in [1.165, 1.54) is 32.1 Å². The Morgan fingerprint density at radius 3 is 2.56 bits per heavy atom. The molecule has 0 unspecified atom stereocenters. The van der Waals surface area contributed by atoms with Crippen molar-refractivity contribution in [2.24, 2.45) is 0 Å². The van der Waals surface area contributed by atoms with Crippen LogP contribution in [0.2, 0.25) is 0 Å². The van der Waals surface area contributed by atoms with Crippen molar-refractivity contribution in [3.63, 3.8) is 0 Å². The van der Waals surface area contributed by atoms with Crippen molar-refractivity contribution >= 4 is 5.91 Å². The van der Waals surface area contributed by atoms with E-state index in [9.17, 15) is 4.79 Å².